The van der Waals surface area contributed by atoms with Crippen molar-refractivity contribution in [1.82, 2.24) is 10.6 Å². The molecule has 0 bridgehead atoms. The maximum Gasteiger partial charge on any atom is 0.329 e. The highest BCUT2D eigenvalue weighted by atomic mass is 19.1. The highest BCUT2D eigenvalue weighted by molar-refractivity contribution is 5.86. The van der Waals surface area contributed by atoms with E-state index in [1.165, 1.54) is 6.07 Å². The molecular weight excluding hydrogens is 375 g/mol. The minimum atomic E-state index is -0.991. The van der Waals surface area contributed by atoms with Crippen molar-refractivity contribution in [2.45, 2.75) is 70.7 Å². The van der Waals surface area contributed by atoms with E-state index in [-0.39, 0.29) is 24.5 Å². The van der Waals surface area contributed by atoms with E-state index in [0.717, 1.165) is 19.4 Å². The van der Waals surface area contributed by atoms with Gasteiger partial charge in [0.1, 0.15) is 17.5 Å². The van der Waals surface area contributed by atoms with Crippen LogP contribution in [-0.4, -0.2) is 49.3 Å². The summed E-state index contributed by atoms with van der Waals surface area (Å²) in [7, 11) is 1.58. The number of halogens is 1. The monoisotopic (exact) mass is 408 g/mol. The van der Waals surface area contributed by atoms with Gasteiger partial charge in [-0.05, 0) is 51.8 Å². The summed E-state index contributed by atoms with van der Waals surface area (Å²) in [5.74, 6) is -1.82. The Morgan fingerprint density at radius 1 is 1.31 bits per heavy atom. The summed E-state index contributed by atoms with van der Waals surface area (Å²) in [5.41, 5.74) is -0.374. The van der Waals surface area contributed by atoms with Gasteiger partial charge in [-0.15, -0.1) is 0 Å². The first kappa shape index (κ1) is 23.3. The lowest BCUT2D eigenvalue weighted by Crippen LogP contribution is -2.51. The number of carbonyl (C=O) groups excluding carboxylic acids is 2. The molecule has 1 amide bonds. The third-order valence-electron chi connectivity index (χ3n) is 5.06. The molecular formula is C22H33FN2O4. The van der Waals surface area contributed by atoms with Crippen LogP contribution < -0.4 is 10.6 Å². The molecule has 0 aromatic heterocycles. The molecule has 2 unspecified atom stereocenters. The number of nitrogens with one attached hydrogen (secondary N) is 2. The zero-order chi connectivity index (χ0) is 21.6. The van der Waals surface area contributed by atoms with Crippen LogP contribution in [0.2, 0.25) is 0 Å². The van der Waals surface area contributed by atoms with Gasteiger partial charge in [0.25, 0.3) is 0 Å². The van der Waals surface area contributed by atoms with Crippen molar-refractivity contribution < 1.29 is 23.5 Å². The van der Waals surface area contributed by atoms with Gasteiger partial charge in [0.2, 0.25) is 5.91 Å². The van der Waals surface area contributed by atoms with Gasteiger partial charge >= 0.3 is 5.97 Å². The number of methoxy groups -OCH3 is 1. The lowest BCUT2D eigenvalue weighted by molar-refractivity contribution is -0.159. The van der Waals surface area contributed by atoms with E-state index in [1.807, 2.05) is 0 Å². The molecule has 0 aliphatic carbocycles. The highest BCUT2D eigenvalue weighted by Crippen LogP contribution is 2.20. The first-order valence-electron chi connectivity index (χ1n) is 10.1. The predicted molar refractivity (Wildman–Crippen MR) is 109 cm³/mol. The van der Waals surface area contributed by atoms with Gasteiger partial charge < -0.3 is 20.1 Å². The van der Waals surface area contributed by atoms with Gasteiger partial charge in [0.05, 0.1) is 12.0 Å². The van der Waals surface area contributed by atoms with Gasteiger partial charge in [-0.3, -0.25) is 4.79 Å². The van der Waals surface area contributed by atoms with E-state index < -0.39 is 29.3 Å². The second-order valence-corrected chi connectivity index (χ2v) is 8.58. The van der Waals surface area contributed by atoms with Crippen LogP contribution in [0.3, 0.4) is 0 Å². The Hall–Kier alpha value is -1.99. The molecule has 1 aliphatic heterocycles. The molecule has 1 saturated heterocycles. The van der Waals surface area contributed by atoms with E-state index in [2.05, 4.69) is 10.6 Å². The Labute approximate surface area is 172 Å². The predicted octanol–water partition coefficient (Wildman–Crippen LogP) is 2.60. The summed E-state index contributed by atoms with van der Waals surface area (Å²) < 4.78 is 25.2. The van der Waals surface area contributed by atoms with Crippen LogP contribution in [0.5, 0.6) is 0 Å². The molecule has 4 atom stereocenters. The summed E-state index contributed by atoms with van der Waals surface area (Å²) in [5, 5.41) is 6.12. The van der Waals surface area contributed by atoms with Crippen molar-refractivity contribution in [2.24, 2.45) is 5.92 Å². The number of carbonyl (C=O) groups is 2. The topological polar surface area (TPSA) is 76.7 Å². The number of rotatable bonds is 8. The molecule has 0 saturated carbocycles. The minimum absolute atomic E-state index is 0.0133. The second-order valence-electron chi connectivity index (χ2n) is 8.58. The molecule has 1 aromatic rings. The van der Waals surface area contributed by atoms with E-state index >= 15 is 0 Å². The van der Waals surface area contributed by atoms with E-state index in [0.29, 0.717) is 5.56 Å². The molecule has 1 fully saturated rings. The average Bonchev–Trinajstić information content (AvgIpc) is 3.16. The Bertz CT molecular complexity index is 698. The molecule has 7 heteroatoms. The van der Waals surface area contributed by atoms with Crippen molar-refractivity contribution in [3.8, 4) is 0 Å². The third-order valence-corrected chi connectivity index (χ3v) is 5.06. The molecule has 6 nitrogen and oxygen atoms in total. The van der Waals surface area contributed by atoms with Crippen molar-refractivity contribution >= 4 is 11.9 Å². The average molecular weight is 409 g/mol. The summed E-state index contributed by atoms with van der Waals surface area (Å²) >= 11 is 0. The summed E-state index contributed by atoms with van der Waals surface area (Å²) in [4.78, 5) is 25.7. The first-order valence-corrected chi connectivity index (χ1v) is 10.1. The Kier molecular flexibility index (Phi) is 8.16. The van der Waals surface area contributed by atoms with Crippen molar-refractivity contribution in [2.75, 3.05) is 13.7 Å². The molecule has 0 radical (unpaired) electrons. The quantitative estimate of drug-likeness (QED) is 0.647. The molecule has 2 N–H and O–H groups in total. The van der Waals surface area contributed by atoms with Gasteiger partial charge in [0.15, 0.2) is 0 Å². The van der Waals surface area contributed by atoms with Crippen LogP contribution in [0.15, 0.2) is 24.3 Å². The standard InChI is InChI=1S/C22H33FN2O4/c1-14(19(28-5)17-11-8-12-24-17)20(26)25-18(21(27)29-22(2,3)4)13-15-9-6-7-10-16(15)23/h6-7,9-10,14,17-19,24H,8,11-13H2,1-5H3,(H,25,26)/t14-,17?,18?,19-/m1/s1. The Morgan fingerprint density at radius 3 is 2.55 bits per heavy atom. The fourth-order valence-electron chi connectivity index (χ4n) is 3.61. The van der Waals surface area contributed by atoms with Crippen LogP contribution in [0.4, 0.5) is 4.39 Å². The van der Waals surface area contributed by atoms with Gasteiger partial charge in [-0.1, -0.05) is 25.1 Å². The van der Waals surface area contributed by atoms with Gasteiger partial charge in [0, 0.05) is 19.6 Å². The smallest absolute Gasteiger partial charge is 0.329 e. The van der Waals surface area contributed by atoms with E-state index in [1.54, 1.807) is 53.0 Å². The zero-order valence-electron chi connectivity index (χ0n) is 18.0. The van der Waals surface area contributed by atoms with Crippen molar-refractivity contribution in [1.29, 1.82) is 0 Å². The molecule has 162 valence electrons. The maximum atomic E-state index is 14.1. The Balaban J connectivity index is 2.15. The van der Waals surface area contributed by atoms with Crippen LogP contribution in [0, 0.1) is 11.7 Å². The SMILES string of the molecule is CO[C@@H](C1CCCN1)[C@@H](C)C(=O)NC(Cc1ccccc1F)C(=O)OC(C)(C)C. The molecule has 0 spiro atoms. The van der Waals surface area contributed by atoms with Crippen molar-refractivity contribution in [3.05, 3.63) is 35.6 Å². The highest BCUT2D eigenvalue weighted by Gasteiger charge is 2.35. The molecule has 1 heterocycles. The van der Waals surface area contributed by atoms with Gasteiger partial charge in [-0.25, -0.2) is 9.18 Å². The van der Waals surface area contributed by atoms with E-state index in [9.17, 15) is 14.0 Å². The minimum Gasteiger partial charge on any atom is -0.458 e. The van der Waals surface area contributed by atoms with Crippen LogP contribution in [0.25, 0.3) is 0 Å². The van der Waals surface area contributed by atoms with Crippen molar-refractivity contribution in [3.63, 3.8) is 0 Å². The fraction of sp³-hybridized carbons (Fsp3) is 0.636. The summed E-state index contributed by atoms with van der Waals surface area (Å²) in [6.07, 6.45) is 1.66. The first-order chi connectivity index (χ1) is 13.6. The molecule has 1 aliphatic rings. The number of esters is 1. The Morgan fingerprint density at radius 2 is 2.00 bits per heavy atom. The zero-order valence-corrected chi connectivity index (χ0v) is 18.0. The molecule has 29 heavy (non-hydrogen) atoms. The number of amides is 1. The maximum absolute atomic E-state index is 14.1. The number of hydrogen-bond acceptors (Lipinski definition) is 5. The normalized spacial score (nSPS) is 20.0. The molecule has 1 aromatic carbocycles. The number of benzene rings is 1. The summed E-state index contributed by atoms with van der Waals surface area (Å²) in [6, 6.07) is 5.31. The van der Waals surface area contributed by atoms with Crippen LogP contribution >= 0.6 is 0 Å². The van der Waals surface area contributed by atoms with E-state index in [4.69, 9.17) is 9.47 Å². The van der Waals surface area contributed by atoms with Crippen LogP contribution in [-0.2, 0) is 25.5 Å². The number of ether oxygens (including phenoxy) is 2. The fourth-order valence-corrected chi connectivity index (χ4v) is 3.61. The third kappa shape index (κ3) is 6.78. The van der Waals surface area contributed by atoms with Gasteiger partial charge in [-0.2, -0.15) is 0 Å². The lowest BCUT2D eigenvalue weighted by atomic mass is 9.95. The molecule has 2 rings (SSSR count). The number of hydrogen-bond donors (Lipinski definition) is 2. The second kappa shape index (κ2) is 10.2. The lowest BCUT2D eigenvalue weighted by Gasteiger charge is -2.30. The van der Waals surface area contributed by atoms with Crippen LogP contribution in [0.1, 0.15) is 46.1 Å². The summed E-state index contributed by atoms with van der Waals surface area (Å²) in [6.45, 7) is 7.93. The largest absolute Gasteiger partial charge is 0.458 e.